The third kappa shape index (κ3) is 4.95. The predicted molar refractivity (Wildman–Crippen MR) is 68.8 cm³/mol. The van der Waals surface area contributed by atoms with Crippen LogP contribution in [0.2, 0.25) is 0 Å². The lowest BCUT2D eigenvalue weighted by molar-refractivity contribution is -0.122. The van der Waals surface area contributed by atoms with E-state index in [0.29, 0.717) is 12.3 Å². The zero-order valence-corrected chi connectivity index (χ0v) is 11.1. The van der Waals surface area contributed by atoms with Crippen LogP contribution in [0.4, 0.5) is 0 Å². The van der Waals surface area contributed by atoms with Gasteiger partial charge in [0, 0.05) is 12.3 Å². The van der Waals surface area contributed by atoms with Crippen molar-refractivity contribution in [3.8, 4) is 6.07 Å². The van der Waals surface area contributed by atoms with Gasteiger partial charge in [0.1, 0.15) is 5.54 Å². The van der Waals surface area contributed by atoms with E-state index in [1.165, 1.54) is 12.8 Å². The fourth-order valence-corrected chi connectivity index (χ4v) is 2.50. The zero-order valence-electron chi connectivity index (χ0n) is 10.3. The van der Waals surface area contributed by atoms with Crippen molar-refractivity contribution in [3.63, 3.8) is 0 Å². The molecule has 0 spiro atoms. The molecule has 1 fully saturated rings. The number of nitrogens with one attached hydrogen (secondary N) is 1. The molecule has 1 aliphatic carbocycles. The van der Waals surface area contributed by atoms with Crippen LogP contribution in [0.25, 0.3) is 0 Å². The molecule has 1 aliphatic rings. The van der Waals surface area contributed by atoms with Crippen LogP contribution in [0.5, 0.6) is 0 Å². The van der Waals surface area contributed by atoms with Crippen molar-refractivity contribution >= 4 is 17.5 Å². The third-order valence-corrected chi connectivity index (χ3v) is 3.60. The van der Waals surface area contributed by atoms with Gasteiger partial charge in [0.25, 0.3) is 0 Å². The van der Waals surface area contributed by atoms with Crippen LogP contribution >= 0.6 is 11.6 Å². The van der Waals surface area contributed by atoms with Crippen molar-refractivity contribution in [3.05, 3.63) is 0 Å². The minimum atomic E-state index is -0.603. The molecule has 17 heavy (non-hydrogen) atoms. The summed E-state index contributed by atoms with van der Waals surface area (Å²) in [4.78, 5) is 11.8. The number of nitrogens with zero attached hydrogens (tertiary/aromatic N) is 1. The average Bonchev–Trinajstić information content (AvgIpc) is 2.56. The number of hydrogen-bond acceptors (Lipinski definition) is 2. The molecule has 1 N–H and O–H groups in total. The number of halogens is 1. The van der Waals surface area contributed by atoms with Crippen LogP contribution in [-0.4, -0.2) is 17.3 Å². The van der Waals surface area contributed by atoms with Gasteiger partial charge in [-0.2, -0.15) is 5.26 Å². The van der Waals surface area contributed by atoms with Gasteiger partial charge in [0.15, 0.2) is 0 Å². The largest absolute Gasteiger partial charge is 0.338 e. The molecule has 1 rings (SSSR count). The highest BCUT2D eigenvalue weighted by molar-refractivity contribution is 6.17. The highest BCUT2D eigenvalue weighted by atomic mass is 35.5. The maximum Gasteiger partial charge on any atom is 0.221 e. The number of carbonyl (C=O) groups is 1. The van der Waals surface area contributed by atoms with E-state index >= 15 is 0 Å². The summed E-state index contributed by atoms with van der Waals surface area (Å²) >= 11 is 5.57. The van der Waals surface area contributed by atoms with E-state index in [1.807, 2.05) is 0 Å². The van der Waals surface area contributed by atoms with Gasteiger partial charge < -0.3 is 5.32 Å². The van der Waals surface area contributed by atoms with Crippen molar-refractivity contribution in [2.24, 2.45) is 0 Å². The summed E-state index contributed by atoms with van der Waals surface area (Å²) in [6.45, 7) is 0. The Morgan fingerprint density at radius 1 is 1.24 bits per heavy atom. The Kier molecular flexibility index (Phi) is 6.36. The zero-order chi connectivity index (χ0) is 12.6. The maximum atomic E-state index is 11.8. The summed E-state index contributed by atoms with van der Waals surface area (Å²) in [6, 6.07) is 2.32. The molecule has 0 aromatic carbocycles. The summed E-state index contributed by atoms with van der Waals surface area (Å²) in [7, 11) is 0. The highest BCUT2D eigenvalue weighted by Crippen LogP contribution is 2.26. The van der Waals surface area contributed by atoms with Gasteiger partial charge in [-0.1, -0.05) is 25.7 Å². The number of amides is 1. The second-order valence-electron chi connectivity index (χ2n) is 4.80. The Hall–Kier alpha value is -0.750. The molecule has 0 aliphatic heterocycles. The second-order valence-corrected chi connectivity index (χ2v) is 5.18. The molecule has 0 unspecified atom stereocenters. The van der Waals surface area contributed by atoms with Gasteiger partial charge in [-0.15, -0.1) is 11.6 Å². The number of alkyl halides is 1. The van der Waals surface area contributed by atoms with Gasteiger partial charge in [-0.3, -0.25) is 4.79 Å². The molecular weight excluding hydrogens is 236 g/mol. The molecule has 0 saturated heterocycles. The topological polar surface area (TPSA) is 52.9 Å². The van der Waals surface area contributed by atoms with Crippen LogP contribution in [0, 0.1) is 11.3 Å². The lowest BCUT2D eigenvalue weighted by atomic mass is 9.91. The first kappa shape index (κ1) is 14.3. The molecule has 0 bridgehead atoms. The standard InChI is InChI=1S/C13H21ClN2O/c14-10-6-3-7-12(17)16-13(11-15)8-4-1-2-5-9-13/h1-10H2,(H,16,17). The van der Waals surface area contributed by atoms with E-state index in [9.17, 15) is 10.1 Å². The Morgan fingerprint density at radius 2 is 1.88 bits per heavy atom. The van der Waals surface area contributed by atoms with E-state index < -0.39 is 5.54 Å². The van der Waals surface area contributed by atoms with Crippen LogP contribution < -0.4 is 5.32 Å². The number of carbonyl (C=O) groups excluding carboxylic acids is 1. The normalized spacial score (nSPS) is 19.1. The van der Waals surface area contributed by atoms with E-state index in [-0.39, 0.29) is 5.91 Å². The Balaban J connectivity index is 2.44. The molecule has 0 atom stereocenters. The summed E-state index contributed by atoms with van der Waals surface area (Å²) in [5.74, 6) is 0.593. The van der Waals surface area contributed by atoms with E-state index in [2.05, 4.69) is 11.4 Å². The van der Waals surface area contributed by atoms with Gasteiger partial charge in [-0.05, 0) is 25.7 Å². The molecule has 4 heteroatoms. The molecule has 1 saturated carbocycles. The number of rotatable bonds is 5. The first-order valence-electron chi connectivity index (χ1n) is 6.51. The first-order chi connectivity index (χ1) is 8.22. The molecule has 0 radical (unpaired) electrons. The molecule has 0 aromatic rings. The third-order valence-electron chi connectivity index (χ3n) is 3.34. The number of unbranched alkanes of at least 4 members (excludes halogenated alkanes) is 1. The van der Waals surface area contributed by atoms with E-state index in [4.69, 9.17) is 11.6 Å². The van der Waals surface area contributed by atoms with Gasteiger partial charge in [0.05, 0.1) is 6.07 Å². The fourth-order valence-electron chi connectivity index (χ4n) is 2.31. The van der Waals surface area contributed by atoms with Crippen LogP contribution in [0.3, 0.4) is 0 Å². The van der Waals surface area contributed by atoms with Crippen LogP contribution in [-0.2, 0) is 4.79 Å². The van der Waals surface area contributed by atoms with Crippen molar-refractivity contribution in [2.75, 3.05) is 5.88 Å². The SMILES string of the molecule is N#CC1(NC(=O)CCCCCl)CCCCCC1. The highest BCUT2D eigenvalue weighted by Gasteiger charge is 2.32. The fraction of sp³-hybridized carbons (Fsp3) is 0.846. The van der Waals surface area contributed by atoms with Crippen molar-refractivity contribution in [2.45, 2.75) is 63.3 Å². The van der Waals surface area contributed by atoms with Crippen molar-refractivity contribution in [1.82, 2.24) is 5.32 Å². The Bertz CT molecular complexity index is 278. The average molecular weight is 257 g/mol. The van der Waals surface area contributed by atoms with E-state index in [1.54, 1.807) is 0 Å². The molecule has 0 aromatic heterocycles. The summed E-state index contributed by atoms with van der Waals surface area (Å²) in [5, 5.41) is 12.2. The maximum absolute atomic E-state index is 11.8. The predicted octanol–water partition coefficient (Wildman–Crippen LogP) is 3.13. The lowest BCUT2D eigenvalue weighted by Gasteiger charge is -2.26. The molecular formula is C13H21ClN2O. The van der Waals surface area contributed by atoms with Gasteiger partial charge >= 0.3 is 0 Å². The summed E-state index contributed by atoms with van der Waals surface area (Å²) in [6.07, 6.45) is 8.15. The smallest absolute Gasteiger partial charge is 0.221 e. The van der Waals surface area contributed by atoms with Crippen LogP contribution in [0.1, 0.15) is 57.8 Å². The minimum absolute atomic E-state index is 0.00133. The molecule has 1 amide bonds. The first-order valence-corrected chi connectivity index (χ1v) is 7.04. The Labute approximate surface area is 109 Å². The quantitative estimate of drug-likeness (QED) is 0.467. The number of nitriles is 1. The molecule has 96 valence electrons. The second kappa shape index (κ2) is 7.55. The molecule has 0 heterocycles. The molecule has 3 nitrogen and oxygen atoms in total. The van der Waals surface area contributed by atoms with Crippen LogP contribution in [0.15, 0.2) is 0 Å². The number of hydrogen-bond donors (Lipinski definition) is 1. The van der Waals surface area contributed by atoms with Crippen molar-refractivity contribution < 1.29 is 4.79 Å². The van der Waals surface area contributed by atoms with Crippen molar-refractivity contribution in [1.29, 1.82) is 5.26 Å². The summed E-state index contributed by atoms with van der Waals surface area (Å²) < 4.78 is 0. The Morgan fingerprint density at radius 3 is 2.41 bits per heavy atom. The monoisotopic (exact) mass is 256 g/mol. The van der Waals surface area contributed by atoms with Gasteiger partial charge in [0.2, 0.25) is 5.91 Å². The van der Waals surface area contributed by atoms with E-state index in [0.717, 1.165) is 38.5 Å². The van der Waals surface area contributed by atoms with Gasteiger partial charge in [-0.25, -0.2) is 0 Å². The summed E-state index contributed by atoms with van der Waals surface area (Å²) in [5.41, 5.74) is -0.603. The minimum Gasteiger partial charge on any atom is -0.338 e. The lowest BCUT2D eigenvalue weighted by Crippen LogP contribution is -2.46.